The quantitative estimate of drug-likeness (QED) is 0.495. The van der Waals surface area contributed by atoms with Crippen LogP contribution in [0.15, 0.2) is 64.4 Å². The number of aromatic nitrogens is 2. The SMILES string of the molecule is O=C(Nc1ccc(S(=O)(=O)N2CCCCC2)cc1)c1cc2c(=O)n3ccccc3nc2s1. The normalized spacial score (nSPS) is 15.2. The van der Waals surface area contributed by atoms with E-state index in [-0.39, 0.29) is 16.4 Å². The number of pyridine rings is 1. The number of nitrogens with one attached hydrogen (secondary N) is 1. The number of benzene rings is 1. The number of nitrogens with zero attached hydrogens (tertiary/aromatic N) is 3. The fourth-order valence-corrected chi connectivity index (χ4v) is 6.26. The lowest BCUT2D eigenvalue weighted by molar-refractivity contribution is 0.103. The minimum atomic E-state index is -3.52. The third kappa shape index (κ3) is 3.70. The fourth-order valence-electron chi connectivity index (χ4n) is 3.82. The van der Waals surface area contributed by atoms with Crippen molar-refractivity contribution in [3.63, 3.8) is 0 Å². The summed E-state index contributed by atoms with van der Waals surface area (Å²) in [5, 5.41) is 3.15. The number of piperidine rings is 1. The van der Waals surface area contributed by atoms with Crippen LogP contribution in [0.1, 0.15) is 28.9 Å². The van der Waals surface area contributed by atoms with Crippen molar-refractivity contribution >= 4 is 48.8 Å². The molecule has 1 saturated heterocycles. The van der Waals surface area contributed by atoms with Gasteiger partial charge in [0.05, 0.1) is 15.2 Å². The first-order chi connectivity index (χ1) is 15.4. The van der Waals surface area contributed by atoms with Crippen molar-refractivity contribution < 1.29 is 13.2 Å². The first kappa shape index (κ1) is 20.8. The lowest BCUT2D eigenvalue weighted by atomic mass is 10.2. The average molecular weight is 469 g/mol. The highest BCUT2D eigenvalue weighted by molar-refractivity contribution is 7.89. The number of amides is 1. The molecule has 164 valence electrons. The summed E-state index contributed by atoms with van der Waals surface area (Å²) < 4.78 is 28.5. The van der Waals surface area contributed by atoms with Gasteiger partial charge in [-0.25, -0.2) is 13.4 Å². The summed E-state index contributed by atoms with van der Waals surface area (Å²) in [5.74, 6) is -0.381. The van der Waals surface area contributed by atoms with Gasteiger partial charge in [0.25, 0.3) is 11.5 Å². The average Bonchev–Trinajstić information content (AvgIpc) is 3.25. The second kappa shape index (κ2) is 8.12. The first-order valence-corrected chi connectivity index (χ1v) is 12.5. The van der Waals surface area contributed by atoms with Gasteiger partial charge >= 0.3 is 0 Å². The summed E-state index contributed by atoms with van der Waals surface area (Å²) in [6.07, 6.45) is 4.43. The van der Waals surface area contributed by atoms with Gasteiger partial charge in [0.15, 0.2) is 0 Å². The number of hydrogen-bond donors (Lipinski definition) is 1. The molecule has 0 bridgehead atoms. The molecule has 0 spiro atoms. The molecule has 1 amide bonds. The summed E-state index contributed by atoms with van der Waals surface area (Å²) in [6, 6.07) is 13.0. The van der Waals surface area contributed by atoms with E-state index in [1.165, 1.54) is 20.8 Å². The molecule has 8 nitrogen and oxygen atoms in total. The third-order valence-electron chi connectivity index (χ3n) is 5.50. The van der Waals surface area contributed by atoms with Gasteiger partial charge in [-0.15, -0.1) is 11.3 Å². The van der Waals surface area contributed by atoms with E-state index in [0.717, 1.165) is 30.6 Å². The largest absolute Gasteiger partial charge is 0.321 e. The molecule has 5 rings (SSSR count). The standard InChI is InChI=1S/C22H20N4O4S2/c27-20(18-14-17-21(31-18)24-19-6-2-5-13-26(19)22(17)28)23-15-7-9-16(10-8-15)32(29,30)25-11-3-1-4-12-25/h2,5-10,13-14H,1,3-4,11-12H2,(H,23,27). The van der Waals surface area contributed by atoms with E-state index in [9.17, 15) is 18.0 Å². The Balaban J connectivity index is 1.38. The molecular formula is C22H20N4O4S2. The molecule has 0 atom stereocenters. The molecule has 1 aromatic carbocycles. The van der Waals surface area contributed by atoms with E-state index >= 15 is 0 Å². The number of rotatable bonds is 4. The minimum absolute atomic E-state index is 0.211. The number of sulfonamides is 1. The molecular weight excluding hydrogens is 448 g/mol. The molecule has 32 heavy (non-hydrogen) atoms. The second-order valence-electron chi connectivity index (χ2n) is 7.62. The molecule has 1 fully saturated rings. The van der Waals surface area contributed by atoms with Crippen LogP contribution >= 0.6 is 11.3 Å². The predicted octanol–water partition coefficient (Wildman–Crippen LogP) is 3.34. The van der Waals surface area contributed by atoms with Gasteiger partial charge in [-0.05, 0) is 55.3 Å². The maximum Gasteiger partial charge on any atom is 0.266 e. The predicted molar refractivity (Wildman–Crippen MR) is 124 cm³/mol. The monoisotopic (exact) mass is 468 g/mol. The first-order valence-electron chi connectivity index (χ1n) is 10.3. The highest BCUT2D eigenvalue weighted by Gasteiger charge is 2.25. The Morgan fingerprint density at radius 2 is 1.78 bits per heavy atom. The summed E-state index contributed by atoms with van der Waals surface area (Å²) in [4.78, 5) is 31.0. The molecule has 1 aliphatic heterocycles. The van der Waals surface area contributed by atoms with Crippen molar-refractivity contribution in [2.45, 2.75) is 24.2 Å². The fraction of sp³-hybridized carbons (Fsp3) is 0.227. The molecule has 3 aromatic heterocycles. The highest BCUT2D eigenvalue weighted by atomic mass is 32.2. The van der Waals surface area contributed by atoms with E-state index in [1.807, 2.05) is 0 Å². The number of hydrogen-bond acceptors (Lipinski definition) is 6. The van der Waals surface area contributed by atoms with Crippen LogP contribution in [0, 0.1) is 0 Å². The highest BCUT2D eigenvalue weighted by Crippen LogP contribution is 2.25. The second-order valence-corrected chi connectivity index (χ2v) is 10.6. The lowest BCUT2D eigenvalue weighted by Gasteiger charge is -2.25. The van der Waals surface area contributed by atoms with Crippen LogP contribution < -0.4 is 10.9 Å². The van der Waals surface area contributed by atoms with Crippen molar-refractivity contribution in [1.82, 2.24) is 13.7 Å². The maximum absolute atomic E-state index is 12.8. The van der Waals surface area contributed by atoms with Crippen molar-refractivity contribution in [2.75, 3.05) is 18.4 Å². The molecule has 4 heterocycles. The van der Waals surface area contributed by atoms with E-state index in [4.69, 9.17) is 0 Å². The van der Waals surface area contributed by atoms with Gasteiger partial charge in [-0.3, -0.25) is 14.0 Å². The Labute approximate surface area is 188 Å². The lowest BCUT2D eigenvalue weighted by Crippen LogP contribution is -2.35. The molecule has 1 N–H and O–H groups in total. The molecule has 0 aliphatic carbocycles. The molecule has 0 saturated carbocycles. The summed E-state index contributed by atoms with van der Waals surface area (Å²) in [5.41, 5.74) is 0.761. The summed E-state index contributed by atoms with van der Waals surface area (Å²) in [6.45, 7) is 1.07. The zero-order chi connectivity index (χ0) is 22.3. The van der Waals surface area contributed by atoms with E-state index in [2.05, 4.69) is 10.3 Å². The van der Waals surface area contributed by atoms with Crippen LogP contribution in [0.25, 0.3) is 15.9 Å². The molecule has 0 unspecified atom stereocenters. The summed E-state index contributed by atoms with van der Waals surface area (Å²) in [7, 11) is -3.52. The third-order valence-corrected chi connectivity index (χ3v) is 8.45. The van der Waals surface area contributed by atoms with Gasteiger partial charge in [-0.2, -0.15) is 4.31 Å². The van der Waals surface area contributed by atoms with E-state index in [0.29, 0.717) is 39.5 Å². The minimum Gasteiger partial charge on any atom is -0.321 e. The number of thiophene rings is 1. The van der Waals surface area contributed by atoms with E-state index in [1.54, 1.807) is 42.6 Å². The van der Waals surface area contributed by atoms with Crippen LogP contribution in [0.2, 0.25) is 0 Å². The van der Waals surface area contributed by atoms with Crippen LogP contribution in [0.4, 0.5) is 5.69 Å². The van der Waals surface area contributed by atoms with Crippen LogP contribution in [0.3, 0.4) is 0 Å². The van der Waals surface area contributed by atoms with Gasteiger partial charge in [0.2, 0.25) is 10.0 Å². The van der Waals surface area contributed by atoms with Crippen molar-refractivity contribution in [2.24, 2.45) is 0 Å². The zero-order valence-corrected chi connectivity index (χ0v) is 18.7. The molecule has 0 radical (unpaired) electrons. The Kier molecular flexibility index (Phi) is 5.28. The van der Waals surface area contributed by atoms with Gasteiger partial charge in [0, 0.05) is 25.0 Å². The van der Waals surface area contributed by atoms with Crippen LogP contribution in [-0.4, -0.2) is 41.1 Å². The number of carbonyl (C=O) groups excluding carboxylic acids is 1. The Morgan fingerprint density at radius 3 is 2.53 bits per heavy atom. The topological polar surface area (TPSA) is 101 Å². The molecule has 4 aromatic rings. The van der Waals surface area contributed by atoms with Gasteiger partial charge < -0.3 is 5.32 Å². The van der Waals surface area contributed by atoms with E-state index < -0.39 is 10.0 Å². The van der Waals surface area contributed by atoms with Crippen molar-refractivity contribution in [3.05, 3.63) is 70.0 Å². The summed E-state index contributed by atoms with van der Waals surface area (Å²) >= 11 is 1.14. The number of fused-ring (bicyclic) bond motifs is 2. The number of carbonyl (C=O) groups is 1. The van der Waals surface area contributed by atoms with Crippen molar-refractivity contribution in [3.8, 4) is 0 Å². The Bertz CT molecular complexity index is 1480. The molecule has 10 heteroatoms. The van der Waals surface area contributed by atoms with Crippen molar-refractivity contribution in [1.29, 1.82) is 0 Å². The Hall–Kier alpha value is -3.08. The zero-order valence-electron chi connectivity index (χ0n) is 17.0. The van der Waals surface area contributed by atoms with Crippen LogP contribution in [0.5, 0.6) is 0 Å². The van der Waals surface area contributed by atoms with Crippen LogP contribution in [-0.2, 0) is 10.0 Å². The maximum atomic E-state index is 12.8. The van der Waals surface area contributed by atoms with Gasteiger partial charge in [-0.1, -0.05) is 12.5 Å². The smallest absolute Gasteiger partial charge is 0.266 e. The Morgan fingerprint density at radius 1 is 1.03 bits per heavy atom. The van der Waals surface area contributed by atoms with Gasteiger partial charge in [0.1, 0.15) is 10.5 Å². The number of anilines is 1. The molecule has 1 aliphatic rings.